The monoisotopic (exact) mass is 228 g/mol. The van der Waals surface area contributed by atoms with Crippen LogP contribution < -0.4 is 11.3 Å². The first kappa shape index (κ1) is 11.5. The van der Waals surface area contributed by atoms with Gasteiger partial charge in [0.2, 0.25) is 0 Å². The highest BCUT2D eigenvalue weighted by Gasteiger charge is 2.07. The van der Waals surface area contributed by atoms with Gasteiger partial charge >= 0.3 is 0 Å². The number of nitrogens with two attached hydrogens (primary N) is 1. The third kappa shape index (κ3) is 2.26. The van der Waals surface area contributed by atoms with Gasteiger partial charge in [0.05, 0.1) is 0 Å². The molecule has 4 nitrogen and oxygen atoms in total. The van der Waals surface area contributed by atoms with E-state index in [1.807, 2.05) is 0 Å². The smallest absolute Gasteiger partial charge is 0.161 e. The van der Waals surface area contributed by atoms with Gasteiger partial charge in [0.1, 0.15) is 5.82 Å². The summed E-state index contributed by atoms with van der Waals surface area (Å²) in [7, 11) is 0. The average molecular weight is 228 g/mol. The Morgan fingerprint density at radius 3 is 2.47 bits per heavy atom. The normalized spacial score (nSPS) is 10.4. The van der Waals surface area contributed by atoms with Crippen molar-refractivity contribution in [1.29, 1.82) is 0 Å². The van der Waals surface area contributed by atoms with Crippen molar-refractivity contribution in [2.75, 3.05) is 5.43 Å². The van der Waals surface area contributed by atoms with Crippen molar-refractivity contribution < 1.29 is 0 Å². The molecule has 0 bridgehead atoms. The van der Waals surface area contributed by atoms with Gasteiger partial charge in [0, 0.05) is 17.8 Å². The Hall–Kier alpha value is -1.94. The third-order valence-electron chi connectivity index (χ3n) is 2.89. The van der Waals surface area contributed by atoms with Crippen LogP contribution in [0.15, 0.2) is 24.4 Å². The summed E-state index contributed by atoms with van der Waals surface area (Å²) >= 11 is 0. The quantitative estimate of drug-likeness (QED) is 0.611. The summed E-state index contributed by atoms with van der Waals surface area (Å²) in [5, 5.41) is 0. The Kier molecular flexibility index (Phi) is 3.06. The molecule has 2 aromatic rings. The molecule has 1 aromatic carbocycles. The van der Waals surface area contributed by atoms with E-state index in [2.05, 4.69) is 48.3 Å². The molecule has 2 rings (SSSR count). The minimum Gasteiger partial charge on any atom is -0.308 e. The van der Waals surface area contributed by atoms with E-state index in [1.165, 1.54) is 16.7 Å². The maximum Gasteiger partial charge on any atom is 0.161 e. The summed E-state index contributed by atoms with van der Waals surface area (Å²) in [5.41, 5.74) is 7.26. The van der Waals surface area contributed by atoms with Crippen LogP contribution in [0.3, 0.4) is 0 Å². The van der Waals surface area contributed by atoms with E-state index in [4.69, 9.17) is 5.84 Å². The highest BCUT2D eigenvalue weighted by molar-refractivity contribution is 5.63. The molecule has 1 aromatic heterocycles. The summed E-state index contributed by atoms with van der Waals surface area (Å²) in [6, 6.07) is 6.00. The van der Waals surface area contributed by atoms with Crippen LogP contribution in [0.4, 0.5) is 5.82 Å². The Morgan fingerprint density at radius 1 is 1.06 bits per heavy atom. The summed E-state index contributed by atoms with van der Waals surface area (Å²) < 4.78 is 0. The first-order chi connectivity index (χ1) is 8.11. The lowest BCUT2D eigenvalue weighted by atomic mass is 10.0. The number of rotatable bonds is 2. The predicted molar refractivity (Wildman–Crippen MR) is 69.5 cm³/mol. The van der Waals surface area contributed by atoms with E-state index in [1.54, 1.807) is 12.3 Å². The Labute approximate surface area is 101 Å². The number of hydrazine groups is 1. The average Bonchev–Trinajstić information content (AvgIpc) is 2.34. The van der Waals surface area contributed by atoms with Gasteiger partial charge in [-0.1, -0.05) is 6.07 Å². The number of aromatic nitrogens is 2. The SMILES string of the molecule is Cc1cc(C)c(-c2nccc(NN)n2)cc1C. The molecule has 0 fully saturated rings. The van der Waals surface area contributed by atoms with E-state index in [0.717, 1.165) is 5.56 Å². The van der Waals surface area contributed by atoms with E-state index in [0.29, 0.717) is 11.6 Å². The van der Waals surface area contributed by atoms with Crippen molar-refractivity contribution in [2.45, 2.75) is 20.8 Å². The Bertz CT molecular complexity index is 549. The largest absolute Gasteiger partial charge is 0.308 e. The van der Waals surface area contributed by atoms with Gasteiger partial charge in [0.15, 0.2) is 5.82 Å². The molecule has 0 atom stereocenters. The number of nitrogens with one attached hydrogen (secondary N) is 1. The molecule has 0 spiro atoms. The molecule has 1 heterocycles. The fraction of sp³-hybridized carbons (Fsp3) is 0.231. The van der Waals surface area contributed by atoms with Crippen LogP contribution in [-0.2, 0) is 0 Å². The zero-order valence-corrected chi connectivity index (χ0v) is 10.3. The third-order valence-corrected chi connectivity index (χ3v) is 2.89. The number of nitrogens with zero attached hydrogens (tertiary/aromatic N) is 2. The minimum absolute atomic E-state index is 0.618. The fourth-order valence-corrected chi connectivity index (χ4v) is 1.77. The maximum atomic E-state index is 5.35. The van der Waals surface area contributed by atoms with Crippen LogP contribution in [0.25, 0.3) is 11.4 Å². The second-order valence-electron chi connectivity index (χ2n) is 4.16. The summed E-state index contributed by atoms with van der Waals surface area (Å²) in [6.45, 7) is 6.25. The molecule has 0 aliphatic heterocycles. The molecule has 0 aliphatic carbocycles. The molecule has 88 valence electrons. The number of hydrogen-bond acceptors (Lipinski definition) is 4. The molecule has 0 saturated heterocycles. The molecule has 0 radical (unpaired) electrons. The predicted octanol–water partition coefficient (Wildman–Crippen LogP) is 2.35. The number of aryl methyl sites for hydroxylation is 3. The lowest BCUT2D eigenvalue weighted by molar-refractivity contribution is 1.13. The summed E-state index contributed by atoms with van der Waals surface area (Å²) in [5.74, 6) is 6.66. The fourth-order valence-electron chi connectivity index (χ4n) is 1.77. The number of anilines is 1. The van der Waals surface area contributed by atoms with Gasteiger partial charge in [-0.15, -0.1) is 0 Å². The second-order valence-corrected chi connectivity index (χ2v) is 4.16. The lowest BCUT2D eigenvalue weighted by Crippen LogP contribution is -2.09. The molecule has 17 heavy (non-hydrogen) atoms. The van der Waals surface area contributed by atoms with Gasteiger partial charge in [-0.05, 0) is 43.5 Å². The first-order valence-corrected chi connectivity index (χ1v) is 5.49. The van der Waals surface area contributed by atoms with E-state index in [-0.39, 0.29) is 0 Å². The lowest BCUT2D eigenvalue weighted by Gasteiger charge is -2.09. The van der Waals surface area contributed by atoms with Crippen LogP contribution in [0.5, 0.6) is 0 Å². The van der Waals surface area contributed by atoms with Crippen LogP contribution in [0.1, 0.15) is 16.7 Å². The van der Waals surface area contributed by atoms with E-state index < -0.39 is 0 Å². The van der Waals surface area contributed by atoms with Gasteiger partial charge in [0.25, 0.3) is 0 Å². The number of nitrogen functional groups attached to an aromatic ring is 1. The molecule has 0 saturated carbocycles. The van der Waals surface area contributed by atoms with Crippen molar-refractivity contribution in [3.63, 3.8) is 0 Å². The van der Waals surface area contributed by atoms with Crippen LogP contribution >= 0.6 is 0 Å². The number of benzene rings is 1. The summed E-state index contributed by atoms with van der Waals surface area (Å²) in [4.78, 5) is 8.63. The molecule has 0 amide bonds. The summed E-state index contributed by atoms with van der Waals surface area (Å²) in [6.07, 6.45) is 1.70. The van der Waals surface area contributed by atoms with Crippen LogP contribution in [0, 0.1) is 20.8 Å². The van der Waals surface area contributed by atoms with Gasteiger partial charge in [-0.25, -0.2) is 15.8 Å². The Balaban J connectivity index is 2.56. The molecule has 4 heteroatoms. The van der Waals surface area contributed by atoms with Crippen molar-refractivity contribution in [2.24, 2.45) is 5.84 Å². The zero-order valence-electron chi connectivity index (χ0n) is 10.3. The van der Waals surface area contributed by atoms with Gasteiger partial charge in [-0.2, -0.15) is 0 Å². The van der Waals surface area contributed by atoms with Gasteiger partial charge in [-0.3, -0.25) is 0 Å². The molecular weight excluding hydrogens is 212 g/mol. The van der Waals surface area contributed by atoms with Crippen LogP contribution in [-0.4, -0.2) is 9.97 Å². The number of hydrogen-bond donors (Lipinski definition) is 2. The molecular formula is C13H16N4. The second kappa shape index (κ2) is 4.51. The Morgan fingerprint density at radius 2 is 1.76 bits per heavy atom. The van der Waals surface area contributed by atoms with Crippen molar-refractivity contribution in [1.82, 2.24) is 9.97 Å². The van der Waals surface area contributed by atoms with Gasteiger partial charge < -0.3 is 5.43 Å². The minimum atomic E-state index is 0.618. The molecule has 3 N–H and O–H groups in total. The molecule has 0 unspecified atom stereocenters. The first-order valence-electron chi connectivity index (χ1n) is 5.49. The standard InChI is InChI=1S/C13H16N4/c1-8-6-10(3)11(7-9(8)2)13-15-5-4-12(16-13)17-14/h4-7H,14H2,1-3H3,(H,15,16,17). The van der Waals surface area contributed by atoms with Crippen LogP contribution in [0.2, 0.25) is 0 Å². The molecule has 0 aliphatic rings. The van der Waals surface area contributed by atoms with Crippen molar-refractivity contribution in [3.8, 4) is 11.4 Å². The van der Waals surface area contributed by atoms with E-state index >= 15 is 0 Å². The highest BCUT2D eigenvalue weighted by atomic mass is 15.3. The topological polar surface area (TPSA) is 63.8 Å². The maximum absolute atomic E-state index is 5.35. The van der Waals surface area contributed by atoms with E-state index in [9.17, 15) is 0 Å². The zero-order chi connectivity index (χ0) is 12.4. The van der Waals surface area contributed by atoms with Crippen molar-refractivity contribution >= 4 is 5.82 Å². The van der Waals surface area contributed by atoms with Crippen molar-refractivity contribution in [3.05, 3.63) is 41.1 Å². The highest BCUT2D eigenvalue weighted by Crippen LogP contribution is 2.24.